The lowest BCUT2D eigenvalue weighted by molar-refractivity contribution is 0.127. The third-order valence-corrected chi connectivity index (χ3v) is 9.42. The summed E-state index contributed by atoms with van der Waals surface area (Å²) in [6.45, 7) is 6.11. The molecule has 2 aromatic carbocycles. The average molecular weight is 441 g/mol. The van der Waals surface area contributed by atoms with E-state index in [1.807, 2.05) is 12.1 Å². The van der Waals surface area contributed by atoms with E-state index in [2.05, 4.69) is 36.1 Å². The molecule has 4 nitrogen and oxygen atoms in total. The van der Waals surface area contributed by atoms with Crippen LogP contribution in [-0.4, -0.2) is 50.8 Å². The number of fused-ring (bicyclic) bond motifs is 1. The van der Waals surface area contributed by atoms with Crippen molar-refractivity contribution < 1.29 is 8.42 Å². The van der Waals surface area contributed by atoms with Gasteiger partial charge in [-0.05, 0) is 61.9 Å². The van der Waals surface area contributed by atoms with Crippen molar-refractivity contribution in [1.82, 2.24) is 9.21 Å². The Kier molecular flexibility index (Phi) is 6.85. The minimum atomic E-state index is -3.52. The molecule has 0 amide bonds. The highest BCUT2D eigenvalue weighted by atomic mass is 32.2. The quantitative estimate of drug-likeness (QED) is 0.593. The molecule has 0 unspecified atom stereocenters. The van der Waals surface area contributed by atoms with Crippen molar-refractivity contribution in [3.63, 3.8) is 0 Å². The molecule has 168 valence electrons. The maximum atomic E-state index is 13.2. The Morgan fingerprint density at radius 1 is 0.968 bits per heavy atom. The van der Waals surface area contributed by atoms with Crippen molar-refractivity contribution in [2.24, 2.45) is 11.8 Å². The van der Waals surface area contributed by atoms with E-state index in [4.69, 9.17) is 0 Å². The number of hydrogen-bond acceptors (Lipinski definition) is 3. The molecular weight excluding hydrogens is 404 g/mol. The van der Waals surface area contributed by atoms with E-state index in [0.717, 1.165) is 24.8 Å². The van der Waals surface area contributed by atoms with Gasteiger partial charge in [0.2, 0.25) is 10.0 Å². The van der Waals surface area contributed by atoms with Crippen LogP contribution in [0.15, 0.2) is 65.6 Å². The molecule has 0 aromatic heterocycles. The van der Waals surface area contributed by atoms with Crippen molar-refractivity contribution in [3.05, 3.63) is 66.2 Å². The summed E-state index contributed by atoms with van der Waals surface area (Å²) in [6.07, 6.45) is 6.47. The predicted octanol–water partition coefficient (Wildman–Crippen LogP) is 4.78. The smallest absolute Gasteiger partial charge is 0.242 e. The molecule has 0 radical (unpaired) electrons. The molecule has 0 bridgehead atoms. The maximum Gasteiger partial charge on any atom is 0.242 e. The molecule has 5 heteroatoms. The first-order valence-electron chi connectivity index (χ1n) is 11.7. The van der Waals surface area contributed by atoms with Gasteiger partial charge in [-0.1, -0.05) is 68.3 Å². The third-order valence-electron chi connectivity index (χ3n) is 7.60. The van der Waals surface area contributed by atoms with Crippen LogP contribution in [-0.2, 0) is 15.4 Å². The predicted molar refractivity (Wildman–Crippen MR) is 127 cm³/mol. The first kappa shape index (κ1) is 22.5. The van der Waals surface area contributed by atoms with Crippen molar-refractivity contribution in [1.29, 1.82) is 0 Å². The number of nitrogens with zero attached hydrogens (tertiary/aromatic N) is 2. The van der Waals surface area contributed by atoms with Crippen LogP contribution in [0.25, 0.3) is 0 Å². The van der Waals surface area contributed by atoms with Gasteiger partial charge in [-0.3, -0.25) is 0 Å². The first-order valence-corrected chi connectivity index (χ1v) is 13.1. The second kappa shape index (κ2) is 9.43. The number of sulfonamides is 1. The maximum absolute atomic E-state index is 13.2. The van der Waals surface area contributed by atoms with Gasteiger partial charge in [0.25, 0.3) is 0 Å². The minimum Gasteiger partial charge on any atom is -0.303 e. The Balaban J connectivity index is 1.50. The lowest BCUT2D eigenvalue weighted by Gasteiger charge is -2.39. The van der Waals surface area contributed by atoms with Crippen LogP contribution in [0.2, 0.25) is 0 Å². The Hall–Kier alpha value is -1.69. The number of hydrogen-bond donors (Lipinski definition) is 0. The van der Waals surface area contributed by atoms with Gasteiger partial charge in [0.1, 0.15) is 0 Å². The van der Waals surface area contributed by atoms with Crippen molar-refractivity contribution >= 4 is 10.0 Å². The van der Waals surface area contributed by atoms with E-state index in [1.54, 1.807) is 35.6 Å². The van der Waals surface area contributed by atoms with Crippen LogP contribution in [0.4, 0.5) is 0 Å². The number of benzene rings is 2. The summed E-state index contributed by atoms with van der Waals surface area (Å²) in [7, 11) is -1.80. The second-order valence-corrected chi connectivity index (χ2v) is 11.8. The fourth-order valence-corrected chi connectivity index (χ4v) is 6.93. The molecule has 31 heavy (non-hydrogen) atoms. The molecule has 2 aromatic rings. The van der Waals surface area contributed by atoms with E-state index in [1.165, 1.54) is 44.3 Å². The van der Waals surface area contributed by atoms with E-state index in [9.17, 15) is 8.42 Å². The topological polar surface area (TPSA) is 40.6 Å². The van der Waals surface area contributed by atoms with Crippen LogP contribution in [0.5, 0.6) is 0 Å². The second-order valence-electron chi connectivity index (χ2n) is 9.79. The first-order chi connectivity index (χ1) is 14.9. The summed E-state index contributed by atoms with van der Waals surface area (Å²) in [5, 5.41) is 0. The fraction of sp³-hybridized carbons (Fsp3) is 0.538. The molecule has 4 rings (SSSR count). The van der Waals surface area contributed by atoms with Crippen molar-refractivity contribution in [3.8, 4) is 0 Å². The molecule has 0 N–H and O–H groups in total. The van der Waals surface area contributed by atoms with Crippen LogP contribution in [0.1, 0.15) is 44.6 Å². The van der Waals surface area contributed by atoms with Gasteiger partial charge >= 0.3 is 0 Å². The van der Waals surface area contributed by atoms with Crippen LogP contribution < -0.4 is 0 Å². The van der Waals surface area contributed by atoms with Gasteiger partial charge in [-0.15, -0.1) is 0 Å². The van der Waals surface area contributed by atoms with Gasteiger partial charge in [0, 0.05) is 25.6 Å². The van der Waals surface area contributed by atoms with E-state index in [-0.39, 0.29) is 5.41 Å². The van der Waals surface area contributed by atoms with Gasteiger partial charge in [0.15, 0.2) is 0 Å². The summed E-state index contributed by atoms with van der Waals surface area (Å²) in [5.41, 5.74) is 0.963. The molecule has 1 saturated carbocycles. The molecule has 0 spiro atoms. The summed E-state index contributed by atoms with van der Waals surface area (Å²) >= 11 is 0. The summed E-state index contributed by atoms with van der Waals surface area (Å²) < 4.78 is 27.9. The average Bonchev–Trinajstić information content (AvgIpc) is 3.27. The third kappa shape index (κ3) is 5.05. The van der Waals surface area contributed by atoms with Crippen molar-refractivity contribution in [2.45, 2.75) is 49.3 Å². The number of likely N-dealkylation sites (tertiary alicyclic amines) is 1. The van der Waals surface area contributed by atoms with Crippen LogP contribution in [0.3, 0.4) is 0 Å². The van der Waals surface area contributed by atoms with Crippen molar-refractivity contribution in [2.75, 3.05) is 33.2 Å². The number of rotatable bonds is 8. The molecule has 2 aliphatic rings. The molecule has 1 heterocycles. The fourth-order valence-electron chi connectivity index (χ4n) is 5.62. The van der Waals surface area contributed by atoms with E-state index >= 15 is 0 Å². The summed E-state index contributed by atoms with van der Waals surface area (Å²) in [5.74, 6) is 1.82. The summed E-state index contributed by atoms with van der Waals surface area (Å²) in [4.78, 5) is 2.98. The summed E-state index contributed by atoms with van der Waals surface area (Å²) in [6, 6.07) is 19.2. The zero-order chi connectivity index (χ0) is 21.9. The highest BCUT2D eigenvalue weighted by Gasteiger charge is 2.36. The molecule has 1 aliphatic heterocycles. The number of likely N-dealkylation sites (N-methyl/N-ethyl adjacent to an activating group) is 1. The monoisotopic (exact) mass is 440 g/mol. The zero-order valence-corrected chi connectivity index (χ0v) is 19.7. The largest absolute Gasteiger partial charge is 0.303 e. The SMILES string of the molecule is CN(C[C@@](C)(CCN1CC[C@H]2CCC[C@H]2C1)c1ccccc1)S(=O)(=O)c1ccccc1. The highest BCUT2D eigenvalue weighted by molar-refractivity contribution is 7.89. The standard InChI is InChI=1S/C26H36N2O2S/c1-26(24-12-5-3-6-13-24,17-19-28-18-16-22-10-9-11-23(22)20-28)21-27(2)31(29,30)25-14-7-4-8-15-25/h3-8,12-15,22-23H,9-11,16-21H2,1-2H3/t22-,23+,26-/m1/s1. The Bertz CT molecular complexity index is 948. The van der Waals surface area contributed by atoms with Crippen LogP contribution >= 0.6 is 0 Å². The minimum absolute atomic E-state index is 0.246. The molecule has 1 aliphatic carbocycles. The molecular formula is C26H36N2O2S. The normalized spacial score (nSPS) is 24.1. The van der Waals surface area contributed by atoms with Crippen LogP contribution in [0, 0.1) is 11.8 Å². The van der Waals surface area contributed by atoms with Gasteiger partial charge in [0.05, 0.1) is 4.90 Å². The molecule has 3 atom stereocenters. The Labute approximate surface area is 188 Å². The number of piperidine rings is 1. The highest BCUT2D eigenvalue weighted by Crippen LogP contribution is 2.38. The lowest BCUT2D eigenvalue weighted by Crippen LogP contribution is -2.44. The Morgan fingerprint density at radius 3 is 2.32 bits per heavy atom. The lowest BCUT2D eigenvalue weighted by atomic mass is 9.78. The van der Waals surface area contributed by atoms with Gasteiger partial charge < -0.3 is 4.90 Å². The van der Waals surface area contributed by atoms with E-state index < -0.39 is 10.0 Å². The van der Waals surface area contributed by atoms with Gasteiger partial charge in [-0.2, -0.15) is 0 Å². The van der Waals surface area contributed by atoms with E-state index in [0.29, 0.717) is 11.4 Å². The molecule has 2 fully saturated rings. The Morgan fingerprint density at radius 2 is 1.61 bits per heavy atom. The van der Waals surface area contributed by atoms with Gasteiger partial charge in [-0.25, -0.2) is 12.7 Å². The zero-order valence-electron chi connectivity index (χ0n) is 18.9. The molecule has 1 saturated heterocycles.